The third-order valence-electron chi connectivity index (χ3n) is 1.54. The van der Waals surface area contributed by atoms with Gasteiger partial charge in [0.2, 0.25) is 0 Å². The van der Waals surface area contributed by atoms with Crippen molar-refractivity contribution >= 4 is 8.25 Å². The Morgan fingerprint density at radius 1 is 0.833 bits per heavy atom. The lowest BCUT2D eigenvalue weighted by Crippen LogP contribution is -2.36. The average Bonchev–Trinajstić information content (AvgIpc) is 1.97. The number of aliphatic hydroxyl groups excluding tert-OH is 2. The van der Waals surface area contributed by atoms with E-state index in [9.17, 15) is 0 Å². The fourth-order valence-electron chi connectivity index (χ4n) is 0.600. The molecule has 0 bridgehead atoms. The Labute approximate surface area is 111 Å². The summed E-state index contributed by atoms with van der Waals surface area (Å²) in [5.74, 6) is 0. The summed E-state index contributed by atoms with van der Waals surface area (Å²) in [6, 6.07) is 0. The second-order valence-electron chi connectivity index (χ2n) is 5.70. The van der Waals surface area contributed by atoms with Crippen LogP contribution in [0.2, 0.25) is 0 Å². The summed E-state index contributed by atoms with van der Waals surface area (Å²) in [5, 5.41) is 16.8. The van der Waals surface area contributed by atoms with E-state index in [2.05, 4.69) is 42.3 Å². The van der Waals surface area contributed by atoms with Crippen molar-refractivity contribution in [3.63, 3.8) is 0 Å². The molecule has 0 aliphatic heterocycles. The maximum atomic E-state index is 8.48. The van der Waals surface area contributed by atoms with Gasteiger partial charge >= 0.3 is 0 Å². The van der Waals surface area contributed by atoms with E-state index in [0.717, 1.165) is 22.1 Å². The minimum Gasteiger partial charge on any atom is -0.792 e. The quantitative estimate of drug-likeness (QED) is 0.448. The molecule has 1 radical (unpaired) electrons. The molecule has 0 aromatic carbocycles. The van der Waals surface area contributed by atoms with Crippen molar-refractivity contribution < 1.29 is 33.5 Å². The van der Waals surface area contributed by atoms with E-state index in [4.69, 9.17) is 24.6 Å². The van der Waals surface area contributed by atoms with Gasteiger partial charge in [0.25, 0.3) is 0 Å². The molecule has 0 amide bonds. The van der Waals surface area contributed by atoms with Gasteiger partial charge in [0.15, 0.2) is 0 Å². The smallest absolute Gasteiger partial charge is 0.101 e. The molecule has 18 heavy (non-hydrogen) atoms. The molecule has 0 aliphatic rings. The molecule has 0 heterocycles. The summed E-state index contributed by atoms with van der Waals surface area (Å²) >= 11 is 0. The molecule has 7 nitrogen and oxygen atoms in total. The van der Waals surface area contributed by atoms with Gasteiger partial charge in [-0.3, -0.25) is 0 Å². The van der Waals surface area contributed by atoms with Gasteiger partial charge in [0.05, 0.1) is 55.5 Å². The number of rotatable bonds is 4. The Bertz CT molecular complexity index is 181. The van der Waals surface area contributed by atoms with E-state index >= 15 is 0 Å². The zero-order valence-electron chi connectivity index (χ0n) is 12.3. The van der Waals surface area contributed by atoms with Crippen LogP contribution in [0.4, 0.5) is 0 Å². The number of likely N-dealkylation sites (N-methyl/N-ethyl adjacent to an activating group) is 2. The number of nitrogens with zero attached hydrogens (tertiary/aromatic N) is 2. The van der Waals surface area contributed by atoms with Crippen LogP contribution in [0.5, 0.6) is 0 Å². The van der Waals surface area contributed by atoms with Crippen LogP contribution in [-0.4, -0.2) is 87.8 Å². The highest BCUT2D eigenvalue weighted by Gasteiger charge is 2.02. The first-order chi connectivity index (χ1) is 7.85. The number of aliphatic hydroxyl groups is 2. The van der Waals surface area contributed by atoms with Crippen molar-refractivity contribution in [1.29, 1.82) is 0 Å². The SMILES string of the molecule is C[N+](C)(C)CCO.C[N+](C)(C)CCO.O=[P]([O-])[O-]. The average molecular weight is 287 g/mol. The van der Waals surface area contributed by atoms with Crippen LogP contribution in [0.25, 0.3) is 0 Å². The molecule has 113 valence electrons. The zero-order valence-corrected chi connectivity index (χ0v) is 13.2. The highest BCUT2D eigenvalue weighted by molar-refractivity contribution is 7.27. The first-order valence-corrected chi connectivity index (χ1v) is 6.59. The minimum absolute atomic E-state index is 0.281. The van der Waals surface area contributed by atoms with Gasteiger partial charge in [0.1, 0.15) is 13.1 Å². The third kappa shape index (κ3) is 56.7. The van der Waals surface area contributed by atoms with Crippen molar-refractivity contribution in [3.05, 3.63) is 0 Å². The fraction of sp³-hybridized carbons (Fsp3) is 1.00. The van der Waals surface area contributed by atoms with Crippen LogP contribution in [0.3, 0.4) is 0 Å². The number of hydrogen-bond acceptors (Lipinski definition) is 5. The second-order valence-corrected chi connectivity index (χ2v) is 6.15. The molecular formula is C10H28N2O5P. The summed E-state index contributed by atoms with van der Waals surface area (Å²) < 4.78 is 10.2. The first-order valence-electron chi connectivity index (χ1n) is 5.50. The van der Waals surface area contributed by atoms with Crippen molar-refractivity contribution in [2.75, 3.05) is 68.6 Å². The molecule has 0 aromatic heterocycles. The molecule has 0 saturated carbocycles. The van der Waals surface area contributed by atoms with Crippen molar-refractivity contribution in [1.82, 2.24) is 0 Å². The number of hydrogen-bond donors (Lipinski definition) is 2. The maximum Gasteiger partial charge on any atom is 0.101 e. The molecule has 0 atom stereocenters. The van der Waals surface area contributed by atoms with E-state index in [1.807, 2.05) is 0 Å². The number of quaternary nitrogens is 2. The van der Waals surface area contributed by atoms with Gasteiger partial charge in [-0.1, -0.05) is 8.25 Å². The summed E-state index contributed by atoms with van der Waals surface area (Å²) in [5.41, 5.74) is 0. The maximum absolute atomic E-state index is 8.48. The summed E-state index contributed by atoms with van der Waals surface area (Å²) in [4.78, 5) is 17.0. The highest BCUT2D eigenvalue weighted by Crippen LogP contribution is 1.85. The van der Waals surface area contributed by atoms with Gasteiger partial charge in [0, 0.05) is 0 Å². The van der Waals surface area contributed by atoms with Crippen LogP contribution in [-0.2, 0) is 4.57 Å². The lowest BCUT2D eigenvalue weighted by Gasteiger charge is -2.21. The fourth-order valence-corrected chi connectivity index (χ4v) is 0.600. The van der Waals surface area contributed by atoms with Crippen molar-refractivity contribution in [3.8, 4) is 0 Å². The molecule has 0 aromatic rings. The lowest BCUT2D eigenvalue weighted by atomic mass is 10.5. The van der Waals surface area contributed by atoms with Crippen LogP contribution >= 0.6 is 8.25 Å². The molecule has 0 fully saturated rings. The summed E-state index contributed by atoms with van der Waals surface area (Å²) in [6.45, 7) is 2.23. The Morgan fingerprint density at radius 2 is 1.00 bits per heavy atom. The van der Waals surface area contributed by atoms with Crippen molar-refractivity contribution in [2.24, 2.45) is 0 Å². The van der Waals surface area contributed by atoms with Gasteiger partial charge in [-0.2, -0.15) is 0 Å². The topological polar surface area (TPSA) is 104 Å². The predicted molar refractivity (Wildman–Crippen MR) is 67.6 cm³/mol. The highest BCUT2D eigenvalue weighted by atomic mass is 31.1. The van der Waals surface area contributed by atoms with E-state index in [0.29, 0.717) is 0 Å². The Balaban J connectivity index is -0.000000196. The first kappa shape index (κ1) is 23.0. The van der Waals surface area contributed by atoms with Crippen LogP contribution in [0.15, 0.2) is 0 Å². The molecule has 8 heteroatoms. The molecule has 2 N–H and O–H groups in total. The van der Waals surface area contributed by atoms with Gasteiger partial charge < -0.3 is 33.5 Å². The third-order valence-corrected chi connectivity index (χ3v) is 1.54. The normalized spacial score (nSPS) is 10.8. The second kappa shape index (κ2) is 11.9. The van der Waals surface area contributed by atoms with Gasteiger partial charge in [-0.25, -0.2) is 0 Å². The summed E-state index contributed by atoms with van der Waals surface area (Å²) in [7, 11) is 8.94. The molecule has 0 rings (SSSR count). The van der Waals surface area contributed by atoms with Crippen LogP contribution in [0, 0.1) is 0 Å². The van der Waals surface area contributed by atoms with Gasteiger partial charge in [-0.05, 0) is 0 Å². The molecule has 0 spiro atoms. The molecular weight excluding hydrogens is 259 g/mol. The molecule has 0 unspecified atom stereocenters. The standard InChI is InChI=1S/2C5H14NO.O3P/c2*1-6(2,3)4-5-7;1-4(2)3/h2*7H,4-5H2,1-3H3;/q2*+1;-2. The lowest BCUT2D eigenvalue weighted by molar-refractivity contribution is -0.870. The Morgan fingerprint density at radius 3 is 1.00 bits per heavy atom. The van der Waals surface area contributed by atoms with Crippen molar-refractivity contribution in [2.45, 2.75) is 0 Å². The predicted octanol–water partition coefficient (Wildman–Crippen LogP) is -2.27. The monoisotopic (exact) mass is 287 g/mol. The van der Waals surface area contributed by atoms with E-state index in [1.165, 1.54) is 0 Å². The molecule has 0 saturated heterocycles. The van der Waals surface area contributed by atoms with Gasteiger partial charge in [-0.15, -0.1) is 0 Å². The van der Waals surface area contributed by atoms with E-state index in [1.54, 1.807) is 0 Å². The largest absolute Gasteiger partial charge is 0.792 e. The Kier molecular flexibility index (Phi) is 15.2. The van der Waals surface area contributed by atoms with Crippen LogP contribution in [0.1, 0.15) is 0 Å². The van der Waals surface area contributed by atoms with E-state index in [-0.39, 0.29) is 13.2 Å². The Hall–Kier alpha value is -0.140. The summed E-state index contributed by atoms with van der Waals surface area (Å²) in [6.07, 6.45) is 0. The van der Waals surface area contributed by atoms with Crippen LogP contribution < -0.4 is 9.79 Å². The zero-order chi connectivity index (χ0) is 15.4. The van der Waals surface area contributed by atoms with E-state index < -0.39 is 8.25 Å². The molecule has 0 aliphatic carbocycles. The minimum atomic E-state index is -3.37.